The average molecular weight is 239 g/mol. The van der Waals surface area contributed by atoms with Gasteiger partial charge in [0.05, 0.1) is 5.56 Å². The molecule has 0 amide bonds. The maximum absolute atomic E-state index is 8.75. The van der Waals surface area contributed by atoms with Gasteiger partial charge in [-0.2, -0.15) is 0 Å². The lowest BCUT2D eigenvalue weighted by Gasteiger charge is -2.12. The highest BCUT2D eigenvalue weighted by molar-refractivity contribution is 7.99. The van der Waals surface area contributed by atoms with Crippen LogP contribution >= 0.6 is 11.8 Å². The molecule has 1 unspecified atom stereocenters. The molecule has 0 bridgehead atoms. The van der Waals surface area contributed by atoms with Crippen LogP contribution in [0.3, 0.4) is 0 Å². The van der Waals surface area contributed by atoms with Gasteiger partial charge in [-0.15, -0.1) is 11.8 Å². The molecule has 0 saturated carbocycles. The SMILES string of the molecule is CCC(C)Sc1nccc(C)c1/C(N)=N/O. The zero-order chi connectivity index (χ0) is 12.1. The van der Waals surface area contributed by atoms with Crippen molar-refractivity contribution in [3.8, 4) is 0 Å². The zero-order valence-electron chi connectivity index (χ0n) is 9.77. The van der Waals surface area contributed by atoms with Crippen LogP contribution in [0.15, 0.2) is 22.4 Å². The average Bonchev–Trinajstić information content (AvgIpc) is 2.28. The van der Waals surface area contributed by atoms with Crippen molar-refractivity contribution in [1.82, 2.24) is 4.98 Å². The molecule has 88 valence electrons. The Labute approximate surface area is 99.9 Å². The minimum Gasteiger partial charge on any atom is -0.409 e. The first-order valence-corrected chi connectivity index (χ1v) is 6.08. The van der Waals surface area contributed by atoms with E-state index in [1.807, 2.05) is 13.0 Å². The normalized spacial score (nSPS) is 13.8. The van der Waals surface area contributed by atoms with Gasteiger partial charge in [0, 0.05) is 11.4 Å². The van der Waals surface area contributed by atoms with E-state index in [1.165, 1.54) is 0 Å². The smallest absolute Gasteiger partial charge is 0.173 e. The quantitative estimate of drug-likeness (QED) is 0.278. The van der Waals surface area contributed by atoms with Crippen LogP contribution in [0, 0.1) is 6.92 Å². The van der Waals surface area contributed by atoms with Gasteiger partial charge in [0.25, 0.3) is 0 Å². The zero-order valence-corrected chi connectivity index (χ0v) is 10.6. The number of aromatic nitrogens is 1. The predicted molar refractivity (Wildman–Crippen MR) is 67.1 cm³/mol. The number of aryl methyl sites for hydroxylation is 1. The topological polar surface area (TPSA) is 71.5 Å². The summed E-state index contributed by atoms with van der Waals surface area (Å²) in [5.41, 5.74) is 7.36. The predicted octanol–water partition coefficient (Wildman–Crippen LogP) is 2.38. The van der Waals surface area contributed by atoms with Crippen molar-refractivity contribution >= 4 is 17.6 Å². The minimum atomic E-state index is 0.122. The van der Waals surface area contributed by atoms with E-state index in [0.717, 1.165) is 22.6 Å². The molecule has 0 fully saturated rings. The third-order valence-corrected chi connectivity index (χ3v) is 3.64. The minimum absolute atomic E-state index is 0.122. The summed E-state index contributed by atoms with van der Waals surface area (Å²) in [5, 5.41) is 13.1. The van der Waals surface area contributed by atoms with E-state index in [0.29, 0.717) is 5.25 Å². The summed E-state index contributed by atoms with van der Waals surface area (Å²) in [6.45, 7) is 6.18. The molecule has 3 N–H and O–H groups in total. The fraction of sp³-hybridized carbons (Fsp3) is 0.455. The summed E-state index contributed by atoms with van der Waals surface area (Å²) in [6.07, 6.45) is 2.80. The number of thioether (sulfide) groups is 1. The lowest BCUT2D eigenvalue weighted by atomic mass is 10.1. The second kappa shape index (κ2) is 5.75. The molecule has 1 heterocycles. The van der Waals surface area contributed by atoms with Gasteiger partial charge in [-0.1, -0.05) is 19.0 Å². The molecule has 1 aromatic heterocycles. The Morgan fingerprint density at radius 2 is 2.38 bits per heavy atom. The summed E-state index contributed by atoms with van der Waals surface area (Å²) >= 11 is 1.64. The highest BCUT2D eigenvalue weighted by Crippen LogP contribution is 2.27. The van der Waals surface area contributed by atoms with Gasteiger partial charge < -0.3 is 10.9 Å². The molecule has 4 nitrogen and oxygen atoms in total. The molecule has 0 aromatic carbocycles. The van der Waals surface area contributed by atoms with E-state index in [4.69, 9.17) is 10.9 Å². The van der Waals surface area contributed by atoms with Crippen LogP contribution in [-0.4, -0.2) is 21.3 Å². The lowest BCUT2D eigenvalue weighted by Crippen LogP contribution is -2.17. The van der Waals surface area contributed by atoms with E-state index < -0.39 is 0 Å². The molecule has 0 aliphatic heterocycles. The van der Waals surface area contributed by atoms with Gasteiger partial charge in [0.2, 0.25) is 0 Å². The van der Waals surface area contributed by atoms with Crippen LogP contribution in [0.5, 0.6) is 0 Å². The largest absolute Gasteiger partial charge is 0.409 e. The van der Waals surface area contributed by atoms with Crippen molar-refractivity contribution in [2.45, 2.75) is 37.5 Å². The van der Waals surface area contributed by atoms with Crippen LogP contribution < -0.4 is 5.73 Å². The van der Waals surface area contributed by atoms with Crippen LogP contribution in [-0.2, 0) is 0 Å². The number of rotatable bonds is 4. The van der Waals surface area contributed by atoms with Crippen molar-refractivity contribution in [3.05, 3.63) is 23.4 Å². The Balaban J connectivity index is 3.13. The van der Waals surface area contributed by atoms with Gasteiger partial charge in [0.1, 0.15) is 5.03 Å². The maximum atomic E-state index is 8.75. The molecule has 0 saturated heterocycles. The van der Waals surface area contributed by atoms with Crippen molar-refractivity contribution < 1.29 is 5.21 Å². The highest BCUT2D eigenvalue weighted by Gasteiger charge is 2.14. The van der Waals surface area contributed by atoms with Crippen LogP contribution in [0.4, 0.5) is 0 Å². The third-order valence-electron chi connectivity index (χ3n) is 2.38. The number of hydrogen-bond donors (Lipinski definition) is 2. The molecular formula is C11H17N3OS. The van der Waals surface area contributed by atoms with Crippen molar-refractivity contribution in [1.29, 1.82) is 0 Å². The Kier molecular flexibility index (Phi) is 4.61. The molecule has 1 aromatic rings. The molecule has 5 heteroatoms. The molecule has 0 spiro atoms. The van der Waals surface area contributed by atoms with Gasteiger partial charge in [-0.05, 0) is 25.0 Å². The Morgan fingerprint density at radius 1 is 1.69 bits per heavy atom. The standard InChI is InChI=1S/C11H17N3OS/c1-4-8(3)16-11-9(10(12)14-15)7(2)5-6-13-11/h5-6,8,15H,4H2,1-3H3,(H2,12,14). The van der Waals surface area contributed by atoms with Crippen molar-refractivity contribution in [3.63, 3.8) is 0 Å². The first-order valence-electron chi connectivity index (χ1n) is 5.20. The van der Waals surface area contributed by atoms with Crippen LogP contribution in [0.2, 0.25) is 0 Å². The summed E-state index contributed by atoms with van der Waals surface area (Å²) < 4.78 is 0. The first kappa shape index (κ1) is 12.8. The summed E-state index contributed by atoms with van der Waals surface area (Å²) in [6, 6.07) is 1.86. The van der Waals surface area contributed by atoms with Gasteiger partial charge >= 0.3 is 0 Å². The van der Waals surface area contributed by atoms with E-state index in [2.05, 4.69) is 24.0 Å². The molecule has 1 rings (SSSR count). The van der Waals surface area contributed by atoms with Gasteiger partial charge in [-0.3, -0.25) is 0 Å². The highest BCUT2D eigenvalue weighted by atomic mass is 32.2. The Hall–Kier alpha value is -1.23. The van der Waals surface area contributed by atoms with Crippen molar-refractivity contribution in [2.24, 2.45) is 10.9 Å². The first-order chi connectivity index (χ1) is 7.60. The lowest BCUT2D eigenvalue weighted by molar-refractivity contribution is 0.318. The fourth-order valence-electron chi connectivity index (χ4n) is 1.26. The Morgan fingerprint density at radius 3 is 2.94 bits per heavy atom. The van der Waals surface area contributed by atoms with Crippen LogP contribution in [0.1, 0.15) is 31.4 Å². The number of oxime groups is 1. The van der Waals surface area contributed by atoms with E-state index >= 15 is 0 Å². The third kappa shape index (κ3) is 2.88. The summed E-state index contributed by atoms with van der Waals surface area (Å²) in [4.78, 5) is 4.29. The number of hydrogen-bond acceptors (Lipinski definition) is 4. The fourth-order valence-corrected chi connectivity index (χ4v) is 2.31. The molecule has 0 aliphatic carbocycles. The van der Waals surface area contributed by atoms with Gasteiger partial charge in [0.15, 0.2) is 5.84 Å². The van der Waals surface area contributed by atoms with Gasteiger partial charge in [-0.25, -0.2) is 4.98 Å². The van der Waals surface area contributed by atoms with E-state index in [-0.39, 0.29) is 5.84 Å². The van der Waals surface area contributed by atoms with Crippen LogP contribution in [0.25, 0.3) is 0 Å². The monoisotopic (exact) mass is 239 g/mol. The van der Waals surface area contributed by atoms with Crippen molar-refractivity contribution in [2.75, 3.05) is 0 Å². The van der Waals surface area contributed by atoms with E-state index in [9.17, 15) is 0 Å². The molecule has 16 heavy (non-hydrogen) atoms. The Bertz CT molecular complexity index is 393. The summed E-state index contributed by atoms with van der Waals surface area (Å²) in [7, 11) is 0. The second-order valence-electron chi connectivity index (χ2n) is 3.63. The maximum Gasteiger partial charge on any atom is 0.173 e. The van der Waals surface area contributed by atoms with E-state index in [1.54, 1.807) is 18.0 Å². The number of amidine groups is 1. The molecular weight excluding hydrogens is 222 g/mol. The number of nitrogens with two attached hydrogens (primary N) is 1. The second-order valence-corrected chi connectivity index (χ2v) is 5.06. The molecule has 0 radical (unpaired) electrons. The molecule has 1 atom stereocenters. The molecule has 0 aliphatic rings. The summed E-state index contributed by atoms with van der Waals surface area (Å²) in [5.74, 6) is 0.122. The number of nitrogens with zero attached hydrogens (tertiary/aromatic N) is 2. The number of pyridine rings is 1.